The number of esters is 3. The molecule has 0 saturated heterocycles. The minimum atomic E-state index is -4.32. The van der Waals surface area contributed by atoms with Crippen LogP contribution in [-0.4, -0.2) is 56.5 Å². The zero-order valence-corrected chi connectivity index (χ0v) is 20.0. The van der Waals surface area contributed by atoms with Crippen molar-refractivity contribution in [2.45, 2.75) is 27.2 Å². The topological polar surface area (TPSA) is 133 Å². The van der Waals surface area contributed by atoms with E-state index in [2.05, 4.69) is 13.2 Å². The third kappa shape index (κ3) is 11.1. The molecule has 0 unspecified atom stereocenters. The van der Waals surface area contributed by atoms with E-state index in [1.165, 1.54) is 13.8 Å². The fraction of sp³-hybridized carbons (Fsp3) is 0.562. The van der Waals surface area contributed by atoms with Crippen LogP contribution in [0, 0.1) is 5.41 Å². The molecule has 1 N–H and O–H groups in total. The molecular formula is C16H25KO9S. The second-order valence-corrected chi connectivity index (χ2v) is 7.34. The number of hydrogen-bond acceptors (Lipinski definition) is 8. The van der Waals surface area contributed by atoms with Crippen LogP contribution in [0.3, 0.4) is 0 Å². The first kappa shape index (κ1) is 28.6. The van der Waals surface area contributed by atoms with Gasteiger partial charge in [0, 0.05) is 11.1 Å². The normalized spacial score (nSPS) is 11.0. The van der Waals surface area contributed by atoms with Crippen LogP contribution in [0.1, 0.15) is 28.6 Å². The number of rotatable bonds is 11. The molecule has 0 spiro atoms. The van der Waals surface area contributed by atoms with E-state index >= 15 is 0 Å². The van der Waals surface area contributed by atoms with Crippen LogP contribution in [0.2, 0.25) is 0 Å². The first-order valence-electron chi connectivity index (χ1n) is 7.62. The molecule has 0 bridgehead atoms. The van der Waals surface area contributed by atoms with Crippen molar-refractivity contribution in [1.82, 2.24) is 0 Å². The third-order valence-electron chi connectivity index (χ3n) is 3.34. The fourth-order valence-corrected chi connectivity index (χ4v) is 1.85. The van der Waals surface area contributed by atoms with Crippen LogP contribution in [0.25, 0.3) is 0 Å². The maximum Gasteiger partial charge on any atom is 1.00 e. The molecule has 27 heavy (non-hydrogen) atoms. The van der Waals surface area contributed by atoms with Crippen molar-refractivity contribution in [2.24, 2.45) is 5.41 Å². The van der Waals surface area contributed by atoms with Gasteiger partial charge in [-0.2, -0.15) is 8.42 Å². The first-order valence-corrected chi connectivity index (χ1v) is 9.23. The summed E-state index contributed by atoms with van der Waals surface area (Å²) in [5.74, 6) is -3.23. The van der Waals surface area contributed by atoms with Gasteiger partial charge in [0.25, 0.3) is 10.1 Å². The minimum Gasteiger partial charge on any atom is -1.00 e. The van der Waals surface area contributed by atoms with Crippen LogP contribution in [0.4, 0.5) is 0 Å². The summed E-state index contributed by atoms with van der Waals surface area (Å²) in [5, 5.41) is 0. The zero-order chi connectivity index (χ0) is 20.5. The summed E-state index contributed by atoms with van der Waals surface area (Å²) in [7, 11) is -4.32. The van der Waals surface area contributed by atoms with Gasteiger partial charge in [-0.05, 0) is 20.3 Å². The molecule has 0 saturated carbocycles. The molecule has 0 aromatic rings. The van der Waals surface area contributed by atoms with Crippen LogP contribution in [-0.2, 0) is 38.7 Å². The Morgan fingerprint density at radius 2 is 1.41 bits per heavy atom. The summed E-state index contributed by atoms with van der Waals surface area (Å²) in [6, 6.07) is 0. The van der Waals surface area contributed by atoms with E-state index in [1.54, 1.807) is 6.92 Å². The van der Waals surface area contributed by atoms with Gasteiger partial charge in [-0.25, -0.2) is 9.59 Å². The van der Waals surface area contributed by atoms with E-state index in [1.807, 2.05) is 0 Å². The SMILES string of the molecule is C=C(C)C(=O)OCC(CC)(COC(=O)C(=C)C)C(=O)OCCS(=O)(=O)O.[H-].[K+]. The fourth-order valence-electron chi connectivity index (χ4n) is 1.55. The van der Waals surface area contributed by atoms with Crippen molar-refractivity contribution in [3.63, 3.8) is 0 Å². The molecule has 0 aliphatic carbocycles. The van der Waals surface area contributed by atoms with Crippen molar-refractivity contribution in [2.75, 3.05) is 25.6 Å². The van der Waals surface area contributed by atoms with Gasteiger partial charge in [-0.15, -0.1) is 0 Å². The quantitative estimate of drug-likeness (QED) is 0.132. The van der Waals surface area contributed by atoms with E-state index in [-0.39, 0.29) is 70.4 Å². The first-order chi connectivity index (χ1) is 11.8. The maximum absolute atomic E-state index is 12.4. The van der Waals surface area contributed by atoms with Crippen molar-refractivity contribution in [1.29, 1.82) is 0 Å². The molecule has 0 radical (unpaired) electrons. The number of carbonyl (C=O) groups excluding carboxylic acids is 3. The molecule has 0 amide bonds. The standard InChI is InChI=1S/C16H24O9S.K.H/c1-6-16(9-24-13(17)11(2)3,10-25-14(18)12(4)5)15(19)23-7-8-26(20,21)22;;/h2,4,6-10H2,1,3,5H3,(H,20,21,22);;/q;+1;-1. The minimum absolute atomic E-state index is 0. The molecule has 0 aliphatic heterocycles. The molecule has 11 heteroatoms. The summed E-state index contributed by atoms with van der Waals surface area (Å²) < 4.78 is 45.0. The van der Waals surface area contributed by atoms with Gasteiger partial charge in [-0.3, -0.25) is 9.35 Å². The van der Waals surface area contributed by atoms with Crippen molar-refractivity contribution in [3.8, 4) is 0 Å². The molecule has 150 valence electrons. The average molecular weight is 433 g/mol. The van der Waals surface area contributed by atoms with Gasteiger partial charge in [0.05, 0.1) is 0 Å². The summed E-state index contributed by atoms with van der Waals surface area (Å²) in [6.07, 6.45) is 0.0602. The largest absolute Gasteiger partial charge is 1.00 e. The second kappa shape index (κ2) is 12.8. The molecule has 0 aromatic carbocycles. The maximum atomic E-state index is 12.4. The molecule has 0 aliphatic rings. The number of carbonyl (C=O) groups is 3. The van der Waals surface area contributed by atoms with Crippen molar-refractivity contribution >= 4 is 28.0 Å². The summed E-state index contributed by atoms with van der Waals surface area (Å²) in [5.41, 5.74) is -1.34. The van der Waals surface area contributed by atoms with Gasteiger partial charge in [0.2, 0.25) is 0 Å². The van der Waals surface area contributed by atoms with E-state index in [0.717, 1.165) is 0 Å². The van der Waals surface area contributed by atoms with Crippen LogP contribution in [0.5, 0.6) is 0 Å². The Balaban J connectivity index is -0.00000312. The average Bonchev–Trinajstić information content (AvgIpc) is 2.53. The molecule has 9 nitrogen and oxygen atoms in total. The molecule has 0 fully saturated rings. The van der Waals surface area contributed by atoms with E-state index in [4.69, 9.17) is 18.8 Å². The summed E-state index contributed by atoms with van der Waals surface area (Å²) in [4.78, 5) is 35.6. The Bertz CT molecular complexity index is 658. The Labute approximate surface area is 203 Å². The summed E-state index contributed by atoms with van der Waals surface area (Å²) >= 11 is 0. The molecule has 0 rings (SSSR count). The second-order valence-electron chi connectivity index (χ2n) is 5.77. The Kier molecular flexibility index (Phi) is 13.6. The predicted molar refractivity (Wildman–Crippen MR) is 92.8 cm³/mol. The monoisotopic (exact) mass is 432 g/mol. The van der Waals surface area contributed by atoms with Gasteiger partial charge in [-0.1, -0.05) is 20.1 Å². The predicted octanol–water partition coefficient (Wildman–Crippen LogP) is -1.83. The van der Waals surface area contributed by atoms with Gasteiger partial charge >= 0.3 is 69.3 Å². The Morgan fingerprint density at radius 1 is 1.00 bits per heavy atom. The Morgan fingerprint density at radius 3 is 1.70 bits per heavy atom. The van der Waals surface area contributed by atoms with E-state index < -0.39 is 59.0 Å². The van der Waals surface area contributed by atoms with Crippen LogP contribution in [0.15, 0.2) is 24.3 Å². The molecule has 0 heterocycles. The van der Waals surface area contributed by atoms with Crippen LogP contribution >= 0.6 is 0 Å². The van der Waals surface area contributed by atoms with Crippen molar-refractivity contribution in [3.05, 3.63) is 24.3 Å². The number of ether oxygens (including phenoxy) is 3. The molecule has 0 atom stereocenters. The molecule has 0 aromatic heterocycles. The number of hydrogen-bond donors (Lipinski definition) is 1. The van der Waals surface area contributed by atoms with Gasteiger partial charge in [0.15, 0.2) is 0 Å². The van der Waals surface area contributed by atoms with Gasteiger partial charge in [0.1, 0.15) is 31.0 Å². The van der Waals surface area contributed by atoms with Crippen LogP contribution < -0.4 is 51.4 Å². The molecular weight excluding hydrogens is 407 g/mol. The van der Waals surface area contributed by atoms with Crippen molar-refractivity contribution < 1.29 is 94.4 Å². The van der Waals surface area contributed by atoms with Gasteiger partial charge < -0.3 is 15.6 Å². The van der Waals surface area contributed by atoms with E-state index in [0.29, 0.717) is 0 Å². The smallest absolute Gasteiger partial charge is 1.00 e. The van der Waals surface area contributed by atoms with E-state index in [9.17, 15) is 22.8 Å². The Hall–Kier alpha value is -0.564. The summed E-state index contributed by atoms with van der Waals surface area (Å²) in [6.45, 7) is 9.70. The third-order valence-corrected chi connectivity index (χ3v) is 4.02. The zero-order valence-electron chi connectivity index (χ0n) is 17.1.